The van der Waals surface area contributed by atoms with Gasteiger partial charge in [-0.25, -0.2) is 0 Å². The van der Waals surface area contributed by atoms with Gasteiger partial charge >= 0.3 is 0 Å². The van der Waals surface area contributed by atoms with E-state index in [1.54, 1.807) is 11.3 Å². The molecule has 0 unspecified atom stereocenters. The van der Waals surface area contributed by atoms with Crippen molar-refractivity contribution in [2.24, 2.45) is 0 Å². The molecule has 0 amide bonds. The second kappa shape index (κ2) is 5.50. The maximum absolute atomic E-state index is 5.63. The lowest BCUT2D eigenvalue weighted by Crippen LogP contribution is -2.26. The van der Waals surface area contributed by atoms with Crippen molar-refractivity contribution >= 4 is 11.3 Å². The zero-order valence-electron chi connectivity index (χ0n) is 10.8. The van der Waals surface area contributed by atoms with Crippen molar-refractivity contribution in [1.82, 2.24) is 20.4 Å². The van der Waals surface area contributed by atoms with Gasteiger partial charge in [0.15, 0.2) is 0 Å². The average Bonchev–Trinajstić information content (AvgIpc) is 3.26. The summed E-state index contributed by atoms with van der Waals surface area (Å²) >= 11 is 1.55. The van der Waals surface area contributed by atoms with E-state index in [4.69, 9.17) is 4.74 Å². The summed E-state index contributed by atoms with van der Waals surface area (Å²) in [7, 11) is 2.16. The lowest BCUT2D eigenvalue weighted by atomic mass is 10.5. The molecule has 18 heavy (non-hydrogen) atoms. The highest BCUT2D eigenvalue weighted by atomic mass is 32.1. The number of nitrogens with zero attached hydrogens (tertiary/aromatic N) is 3. The predicted molar refractivity (Wildman–Crippen MR) is 70.9 cm³/mol. The Kier molecular flexibility index (Phi) is 3.77. The summed E-state index contributed by atoms with van der Waals surface area (Å²) in [5.41, 5.74) is 0. The van der Waals surface area contributed by atoms with Crippen LogP contribution in [0.4, 0.5) is 0 Å². The first-order valence-electron chi connectivity index (χ1n) is 6.70. The lowest BCUT2D eigenvalue weighted by Gasteiger charge is -2.14. The van der Waals surface area contributed by atoms with E-state index in [0.29, 0.717) is 17.8 Å². The Morgan fingerprint density at radius 3 is 2.89 bits per heavy atom. The number of hydrogen-bond acceptors (Lipinski definition) is 6. The number of hydrogen-bond donors (Lipinski definition) is 1. The van der Waals surface area contributed by atoms with Crippen molar-refractivity contribution in [2.75, 3.05) is 20.2 Å². The van der Waals surface area contributed by atoms with Crippen LogP contribution in [-0.2, 0) is 6.54 Å². The molecule has 0 aromatic carbocycles. The Labute approximate surface area is 112 Å². The SMILES string of the molecule is CN(CCOc1nnc(CNC2CC2)s1)C1CC1. The van der Waals surface area contributed by atoms with Crippen LogP contribution in [0.25, 0.3) is 0 Å². The van der Waals surface area contributed by atoms with Gasteiger partial charge in [0.1, 0.15) is 11.6 Å². The zero-order chi connectivity index (χ0) is 12.4. The molecule has 0 atom stereocenters. The second-order valence-corrected chi connectivity index (χ2v) is 6.20. The Morgan fingerprint density at radius 1 is 1.33 bits per heavy atom. The summed E-state index contributed by atoms with van der Waals surface area (Å²) in [4.78, 5) is 2.36. The average molecular weight is 268 g/mol. The van der Waals surface area contributed by atoms with Crippen LogP contribution in [-0.4, -0.2) is 47.4 Å². The molecule has 2 saturated carbocycles. The molecule has 1 N–H and O–H groups in total. The minimum absolute atomic E-state index is 0.701. The number of nitrogens with one attached hydrogen (secondary N) is 1. The third-order valence-electron chi connectivity index (χ3n) is 3.41. The third-order valence-corrected chi connectivity index (χ3v) is 4.24. The van der Waals surface area contributed by atoms with Crippen LogP contribution >= 0.6 is 11.3 Å². The molecule has 6 heteroatoms. The van der Waals surface area contributed by atoms with Gasteiger partial charge in [-0.3, -0.25) is 0 Å². The summed E-state index contributed by atoms with van der Waals surface area (Å²) in [6, 6.07) is 1.51. The third kappa shape index (κ3) is 3.63. The maximum atomic E-state index is 5.63. The van der Waals surface area contributed by atoms with Gasteiger partial charge in [-0.15, -0.1) is 10.2 Å². The quantitative estimate of drug-likeness (QED) is 0.769. The Hall–Kier alpha value is -0.720. The second-order valence-electron chi connectivity index (χ2n) is 5.18. The fraction of sp³-hybridized carbons (Fsp3) is 0.833. The summed E-state index contributed by atoms with van der Waals surface area (Å²) in [6.07, 6.45) is 5.28. The van der Waals surface area contributed by atoms with E-state index >= 15 is 0 Å². The molecule has 1 aromatic rings. The van der Waals surface area contributed by atoms with Gasteiger partial charge in [0, 0.05) is 18.6 Å². The molecule has 100 valence electrons. The van der Waals surface area contributed by atoms with Crippen LogP contribution in [0.1, 0.15) is 30.7 Å². The highest BCUT2D eigenvalue weighted by Gasteiger charge is 2.25. The monoisotopic (exact) mass is 268 g/mol. The van der Waals surface area contributed by atoms with Crippen molar-refractivity contribution in [3.8, 4) is 5.19 Å². The van der Waals surface area contributed by atoms with Gasteiger partial charge < -0.3 is 15.0 Å². The number of aromatic nitrogens is 2. The molecule has 2 aliphatic rings. The minimum atomic E-state index is 0.701. The molecule has 0 aliphatic heterocycles. The highest BCUT2D eigenvalue weighted by molar-refractivity contribution is 7.13. The van der Waals surface area contributed by atoms with Crippen LogP contribution in [0.3, 0.4) is 0 Å². The molecule has 2 aliphatic carbocycles. The molecular weight excluding hydrogens is 248 g/mol. The summed E-state index contributed by atoms with van der Waals surface area (Å²) in [6.45, 7) is 2.51. The van der Waals surface area contributed by atoms with Crippen LogP contribution in [0.5, 0.6) is 5.19 Å². The normalized spacial score (nSPS) is 19.4. The van der Waals surface area contributed by atoms with E-state index < -0.39 is 0 Å². The lowest BCUT2D eigenvalue weighted by molar-refractivity contribution is 0.230. The van der Waals surface area contributed by atoms with E-state index in [1.807, 2.05) is 0 Å². The fourth-order valence-electron chi connectivity index (χ4n) is 1.86. The molecule has 0 bridgehead atoms. The van der Waals surface area contributed by atoms with E-state index in [-0.39, 0.29) is 0 Å². The molecule has 0 radical (unpaired) electrons. The van der Waals surface area contributed by atoms with Gasteiger partial charge in [-0.05, 0) is 32.7 Å². The highest BCUT2D eigenvalue weighted by Crippen LogP contribution is 2.25. The molecule has 1 heterocycles. The molecule has 3 rings (SSSR count). The smallest absolute Gasteiger partial charge is 0.294 e. The standard InChI is InChI=1S/C12H20N4OS/c1-16(10-4-5-10)6-7-17-12-15-14-11(18-12)8-13-9-2-3-9/h9-10,13H,2-8H2,1H3. The zero-order valence-corrected chi connectivity index (χ0v) is 11.6. The molecular formula is C12H20N4OS. The van der Waals surface area contributed by atoms with Crippen LogP contribution in [0.15, 0.2) is 0 Å². The van der Waals surface area contributed by atoms with Crippen LogP contribution in [0, 0.1) is 0 Å². The van der Waals surface area contributed by atoms with E-state index in [9.17, 15) is 0 Å². The first-order chi connectivity index (χ1) is 8.81. The van der Waals surface area contributed by atoms with Gasteiger partial charge in [0.25, 0.3) is 5.19 Å². The van der Waals surface area contributed by atoms with E-state index in [2.05, 4.69) is 27.5 Å². The molecule has 5 nitrogen and oxygen atoms in total. The molecule has 0 spiro atoms. The van der Waals surface area contributed by atoms with Crippen molar-refractivity contribution in [2.45, 2.75) is 44.3 Å². The summed E-state index contributed by atoms with van der Waals surface area (Å²) in [5.74, 6) is 0. The van der Waals surface area contributed by atoms with Crippen LogP contribution in [0.2, 0.25) is 0 Å². The van der Waals surface area contributed by atoms with Crippen molar-refractivity contribution in [3.05, 3.63) is 5.01 Å². The number of rotatable bonds is 8. The predicted octanol–water partition coefficient (Wildman–Crippen LogP) is 1.26. The Bertz CT molecular complexity index is 389. The van der Waals surface area contributed by atoms with Gasteiger partial charge in [-0.1, -0.05) is 11.3 Å². The fourth-order valence-corrected chi connectivity index (χ4v) is 2.52. The largest absolute Gasteiger partial charge is 0.468 e. The van der Waals surface area contributed by atoms with Gasteiger partial charge in [-0.2, -0.15) is 0 Å². The summed E-state index contributed by atoms with van der Waals surface area (Å²) in [5, 5.41) is 13.3. The van der Waals surface area contributed by atoms with E-state index in [0.717, 1.165) is 24.1 Å². The van der Waals surface area contributed by atoms with E-state index in [1.165, 1.54) is 25.7 Å². The minimum Gasteiger partial charge on any atom is -0.468 e. The number of ether oxygens (including phenoxy) is 1. The van der Waals surface area contributed by atoms with Crippen molar-refractivity contribution in [1.29, 1.82) is 0 Å². The first kappa shape index (κ1) is 12.3. The Balaban J connectivity index is 1.36. The van der Waals surface area contributed by atoms with Crippen LogP contribution < -0.4 is 10.1 Å². The van der Waals surface area contributed by atoms with Crippen molar-refractivity contribution < 1.29 is 4.74 Å². The Morgan fingerprint density at radius 2 is 2.17 bits per heavy atom. The number of likely N-dealkylation sites (N-methyl/N-ethyl adjacent to an activating group) is 1. The summed E-state index contributed by atoms with van der Waals surface area (Å²) < 4.78 is 5.63. The molecule has 2 fully saturated rings. The van der Waals surface area contributed by atoms with Crippen molar-refractivity contribution in [3.63, 3.8) is 0 Å². The molecule has 0 saturated heterocycles. The molecule has 1 aromatic heterocycles. The maximum Gasteiger partial charge on any atom is 0.294 e. The topological polar surface area (TPSA) is 50.3 Å². The first-order valence-corrected chi connectivity index (χ1v) is 7.52. The van der Waals surface area contributed by atoms with Gasteiger partial charge in [0.2, 0.25) is 0 Å². The van der Waals surface area contributed by atoms with Gasteiger partial charge in [0.05, 0.1) is 6.54 Å².